The van der Waals surface area contributed by atoms with Crippen LogP contribution in [0, 0.1) is 5.92 Å². The van der Waals surface area contributed by atoms with E-state index in [0.717, 1.165) is 0 Å². The van der Waals surface area contributed by atoms with Gasteiger partial charge in [0.1, 0.15) is 0 Å². The molecular weight excluding hydrogens is 170 g/mol. The second-order valence-corrected chi connectivity index (χ2v) is 3.70. The molecule has 0 radical (unpaired) electrons. The van der Waals surface area contributed by atoms with Gasteiger partial charge in [0.15, 0.2) is 0 Å². The van der Waals surface area contributed by atoms with Gasteiger partial charge in [0.2, 0.25) is 5.91 Å². The molecule has 1 saturated heterocycles. The molecule has 4 nitrogen and oxygen atoms in total. The second-order valence-electron chi connectivity index (χ2n) is 3.70. The lowest BCUT2D eigenvalue weighted by Crippen LogP contribution is -2.49. The Balaban J connectivity index is 2.38. The fourth-order valence-corrected chi connectivity index (χ4v) is 1.24. The molecule has 13 heavy (non-hydrogen) atoms. The quantitative estimate of drug-likeness (QED) is 0.635. The van der Waals surface area contributed by atoms with Crippen LogP contribution in [0.3, 0.4) is 0 Å². The smallest absolute Gasteiger partial charge is 0.222 e. The number of rotatable bonds is 2. The molecule has 1 rings (SSSR count). The molecule has 76 valence electrons. The van der Waals surface area contributed by atoms with E-state index in [1.165, 1.54) is 0 Å². The topological polar surface area (TPSA) is 58.6 Å². The van der Waals surface area contributed by atoms with E-state index < -0.39 is 6.10 Å². The van der Waals surface area contributed by atoms with Crippen molar-refractivity contribution in [3.05, 3.63) is 0 Å². The molecule has 4 heteroatoms. The van der Waals surface area contributed by atoms with E-state index in [-0.39, 0.29) is 17.9 Å². The molecule has 2 atom stereocenters. The van der Waals surface area contributed by atoms with Crippen LogP contribution in [0.4, 0.5) is 0 Å². The number of aliphatic hydroxyl groups excluding tert-OH is 1. The van der Waals surface area contributed by atoms with Crippen LogP contribution < -0.4 is 5.32 Å². The van der Waals surface area contributed by atoms with E-state index in [1.54, 1.807) is 0 Å². The average Bonchev–Trinajstić information content (AvgIpc) is 2.08. The van der Waals surface area contributed by atoms with Gasteiger partial charge in [0.25, 0.3) is 0 Å². The van der Waals surface area contributed by atoms with Gasteiger partial charge in [0, 0.05) is 12.5 Å². The first-order chi connectivity index (χ1) is 6.11. The zero-order valence-corrected chi connectivity index (χ0v) is 8.12. The number of hydrogen-bond donors (Lipinski definition) is 2. The highest BCUT2D eigenvalue weighted by Crippen LogP contribution is 2.08. The van der Waals surface area contributed by atoms with E-state index >= 15 is 0 Å². The second kappa shape index (κ2) is 4.58. The predicted octanol–water partition coefficient (Wildman–Crippen LogP) is -0.0916. The van der Waals surface area contributed by atoms with E-state index in [0.29, 0.717) is 19.6 Å². The lowest BCUT2D eigenvalue weighted by Gasteiger charge is -2.28. The van der Waals surface area contributed by atoms with Gasteiger partial charge in [-0.15, -0.1) is 0 Å². The molecule has 0 bridgehead atoms. The van der Waals surface area contributed by atoms with Gasteiger partial charge in [-0.3, -0.25) is 4.79 Å². The lowest BCUT2D eigenvalue weighted by atomic mass is 10.1. The fourth-order valence-electron chi connectivity index (χ4n) is 1.24. The molecule has 1 fully saturated rings. The molecule has 0 saturated carbocycles. The zero-order valence-electron chi connectivity index (χ0n) is 8.12. The first-order valence-corrected chi connectivity index (χ1v) is 4.67. The maximum atomic E-state index is 11.3. The van der Waals surface area contributed by atoms with Crippen molar-refractivity contribution in [3.63, 3.8) is 0 Å². The third-order valence-electron chi connectivity index (χ3n) is 2.18. The Hall–Kier alpha value is -0.610. The first kappa shape index (κ1) is 10.5. The highest BCUT2D eigenvalue weighted by atomic mass is 16.5. The van der Waals surface area contributed by atoms with Crippen molar-refractivity contribution in [2.24, 2.45) is 5.92 Å². The van der Waals surface area contributed by atoms with Gasteiger partial charge < -0.3 is 15.2 Å². The van der Waals surface area contributed by atoms with Crippen molar-refractivity contribution in [1.82, 2.24) is 5.32 Å². The average molecular weight is 187 g/mol. The van der Waals surface area contributed by atoms with Crippen LogP contribution in [0.15, 0.2) is 0 Å². The Bertz CT molecular complexity index is 182. The van der Waals surface area contributed by atoms with Crippen LogP contribution in [0.5, 0.6) is 0 Å². The summed E-state index contributed by atoms with van der Waals surface area (Å²) >= 11 is 0. The molecule has 1 amide bonds. The van der Waals surface area contributed by atoms with Gasteiger partial charge >= 0.3 is 0 Å². The maximum absolute atomic E-state index is 11.3. The number of ether oxygens (including phenoxy) is 1. The predicted molar refractivity (Wildman–Crippen MR) is 48.2 cm³/mol. The summed E-state index contributed by atoms with van der Waals surface area (Å²) in [6.45, 7) is 4.60. The van der Waals surface area contributed by atoms with Crippen LogP contribution in [-0.2, 0) is 9.53 Å². The molecule has 2 N–H and O–H groups in total. The third kappa shape index (κ3) is 2.97. The molecule has 1 aliphatic rings. The number of nitrogens with one attached hydrogen (secondary N) is 1. The van der Waals surface area contributed by atoms with Crippen molar-refractivity contribution >= 4 is 5.91 Å². The summed E-state index contributed by atoms with van der Waals surface area (Å²) in [5.74, 6) is -0.0407. The number of hydrogen-bond acceptors (Lipinski definition) is 3. The lowest BCUT2D eigenvalue weighted by molar-refractivity contribution is -0.127. The van der Waals surface area contributed by atoms with E-state index in [2.05, 4.69) is 5.32 Å². The molecule has 2 unspecified atom stereocenters. The summed E-state index contributed by atoms with van der Waals surface area (Å²) in [6.07, 6.45) is 0.135. The normalized spacial score (nSPS) is 28.9. The highest BCUT2D eigenvalue weighted by molar-refractivity contribution is 5.78. The van der Waals surface area contributed by atoms with E-state index in [9.17, 15) is 9.90 Å². The molecule has 0 aromatic heterocycles. The van der Waals surface area contributed by atoms with Gasteiger partial charge in [-0.1, -0.05) is 13.8 Å². The molecule has 1 aliphatic heterocycles. The Kier molecular flexibility index (Phi) is 3.69. The van der Waals surface area contributed by atoms with Crippen LogP contribution in [0.25, 0.3) is 0 Å². The molecule has 1 heterocycles. The minimum absolute atomic E-state index is 0.00838. The van der Waals surface area contributed by atoms with E-state index in [1.807, 2.05) is 13.8 Å². The summed E-state index contributed by atoms with van der Waals surface area (Å²) < 4.78 is 5.05. The highest BCUT2D eigenvalue weighted by Gasteiger charge is 2.25. The van der Waals surface area contributed by atoms with Gasteiger partial charge in [0.05, 0.1) is 18.8 Å². The van der Waals surface area contributed by atoms with Crippen LogP contribution in [0.1, 0.15) is 20.3 Å². The third-order valence-corrected chi connectivity index (χ3v) is 2.18. The van der Waals surface area contributed by atoms with Crippen LogP contribution >= 0.6 is 0 Å². The number of carbonyl (C=O) groups is 1. The Morgan fingerprint density at radius 2 is 2.31 bits per heavy atom. The van der Waals surface area contributed by atoms with Gasteiger partial charge in [-0.2, -0.15) is 0 Å². The number of amides is 1. The van der Waals surface area contributed by atoms with Crippen molar-refractivity contribution in [2.75, 3.05) is 13.2 Å². The summed E-state index contributed by atoms with van der Waals surface area (Å²) in [5.41, 5.74) is 0. The minimum Gasteiger partial charge on any atom is -0.389 e. The molecule has 0 aliphatic carbocycles. The van der Waals surface area contributed by atoms with Gasteiger partial charge in [-0.05, 0) is 6.42 Å². The summed E-state index contributed by atoms with van der Waals surface area (Å²) in [4.78, 5) is 11.3. The monoisotopic (exact) mass is 187 g/mol. The van der Waals surface area contributed by atoms with Crippen molar-refractivity contribution in [3.8, 4) is 0 Å². The summed E-state index contributed by atoms with van der Waals surface area (Å²) in [6, 6.07) is -0.136. The summed E-state index contributed by atoms with van der Waals surface area (Å²) in [7, 11) is 0. The SMILES string of the molecule is CC(C)C(=O)NC1CCOCC1O. The standard InChI is InChI=1S/C9H17NO3/c1-6(2)9(12)10-7-3-4-13-5-8(7)11/h6-8,11H,3-5H2,1-2H3,(H,10,12). The van der Waals surface area contributed by atoms with Crippen LogP contribution in [0.2, 0.25) is 0 Å². The Morgan fingerprint density at radius 1 is 1.62 bits per heavy atom. The van der Waals surface area contributed by atoms with Crippen molar-refractivity contribution < 1.29 is 14.6 Å². The van der Waals surface area contributed by atoms with Crippen molar-refractivity contribution in [2.45, 2.75) is 32.4 Å². The Morgan fingerprint density at radius 3 is 2.85 bits per heavy atom. The zero-order chi connectivity index (χ0) is 9.84. The largest absolute Gasteiger partial charge is 0.389 e. The summed E-state index contributed by atoms with van der Waals surface area (Å²) in [5, 5.41) is 12.3. The Labute approximate surface area is 78.3 Å². The van der Waals surface area contributed by atoms with Gasteiger partial charge in [-0.25, -0.2) is 0 Å². The molecule has 0 aromatic rings. The maximum Gasteiger partial charge on any atom is 0.222 e. The molecule has 0 aromatic carbocycles. The molecule has 0 spiro atoms. The first-order valence-electron chi connectivity index (χ1n) is 4.67. The number of carbonyl (C=O) groups excluding carboxylic acids is 1. The van der Waals surface area contributed by atoms with Crippen LogP contribution in [-0.4, -0.2) is 36.4 Å². The number of aliphatic hydroxyl groups is 1. The van der Waals surface area contributed by atoms with E-state index in [4.69, 9.17) is 4.74 Å². The van der Waals surface area contributed by atoms with Crippen molar-refractivity contribution in [1.29, 1.82) is 0 Å². The fraction of sp³-hybridized carbons (Fsp3) is 0.889. The minimum atomic E-state index is -0.559. The molecular formula is C9H17NO3.